The predicted octanol–water partition coefficient (Wildman–Crippen LogP) is 2.42. The molecule has 3 nitrogen and oxygen atoms in total. The molecule has 0 fully saturated rings. The van der Waals surface area contributed by atoms with Crippen molar-refractivity contribution in [1.29, 1.82) is 0 Å². The molecular weight excluding hydrogens is 248 g/mol. The molecule has 1 atom stereocenters. The molecular formula is C14H15F2N3. The first-order chi connectivity index (χ1) is 9.11. The fourth-order valence-electron chi connectivity index (χ4n) is 2.04. The Balaban J connectivity index is 2.27. The van der Waals surface area contributed by atoms with Gasteiger partial charge in [-0.3, -0.25) is 16.3 Å². The highest BCUT2D eigenvalue weighted by Crippen LogP contribution is 2.22. The fourth-order valence-corrected chi connectivity index (χ4v) is 2.04. The Morgan fingerprint density at radius 3 is 2.74 bits per heavy atom. The van der Waals surface area contributed by atoms with Gasteiger partial charge in [0.1, 0.15) is 11.6 Å². The second-order valence-electron chi connectivity index (χ2n) is 4.39. The van der Waals surface area contributed by atoms with Gasteiger partial charge in [-0.1, -0.05) is 6.07 Å². The summed E-state index contributed by atoms with van der Waals surface area (Å²) < 4.78 is 26.5. The number of aryl methyl sites for hydroxylation is 1. The van der Waals surface area contributed by atoms with Crippen LogP contribution in [0.1, 0.15) is 22.7 Å². The van der Waals surface area contributed by atoms with Crippen molar-refractivity contribution in [2.75, 3.05) is 0 Å². The molecule has 0 aliphatic rings. The van der Waals surface area contributed by atoms with Gasteiger partial charge in [0.15, 0.2) is 0 Å². The summed E-state index contributed by atoms with van der Waals surface area (Å²) >= 11 is 0. The first kappa shape index (κ1) is 13.6. The van der Waals surface area contributed by atoms with Gasteiger partial charge in [-0.05, 0) is 42.2 Å². The Labute approximate surface area is 110 Å². The van der Waals surface area contributed by atoms with Gasteiger partial charge in [-0.2, -0.15) is 0 Å². The zero-order valence-electron chi connectivity index (χ0n) is 10.5. The van der Waals surface area contributed by atoms with Crippen LogP contribution in [0.4, 0.5) is 8.78 Å². The van der Waals surface area contributed by atoms with Crippen LogP contribution in [-0.2, 0) is 6.42 Å². The molecule has 0 saturated carbocycles. The number of nitrogens with one attached hydrogen (secondary N) is 1. The summed E-state index contributed by atoms with van der Waals surface area (Å²) in [4.78, 5) is 4.01. The molecule has 100 valence electrons. The number of nitrogens with zero attached hydrogens (tertiary/aromatic N) is 1. The topological polar surface area (TPSA) is 50.9 Å². The summed E-state index contributed by atoms with van der Waals surface area (Å²) in [6.07, 6.45) is 3.72. The number of hydrogen-bond donors (Lipinski definition) is 2. The smallest absolute Gasteiger partial charge is 0.129 e. The summed E-state index contributed by atoms with van der Waals surface area (Å²) in [6.45, 7) is 1.91. The number of nitrogens with two attached hydrogens (primary N) is 1. The molecule has 1 heterocycles. The van der Waals surface area contributed by atoms with Crippen molar-refractivity contribution >= 4 is 0 Å². The third-order valence-electron chi connectivity index (χ3n) is 3.08. The lowest BCUT2D eigenvalue weighted by molar-refractivity contribution is 0.520. The minimum atomic E-state index is -0.585. The monoisotopic (exact) mass is 263 g/mol. The Hall–Kier alpha value is -1.85. The van der Waals surface area contributed by atoms with Crippen LogP contribution in [0.3, 0.4) is 0 Å². The summed E-state index contributed by atoms with van der Waals surface area (Å²) in [5.74, 6) is 4.39. The standard InChI is InChI=1S/C14H15F2N3/c1-9-8-18-5-4-12(9)14(19-17)6-10-2-3-11(15)7-13(10)16/h2-5,7-8,14,19H,6,17H2,1H3. The van der Waals surface area contributed by atoms with Gasteiger partial charge in [0, 0.05) is 18.5 Å². The highest BCUT2D eigenvalue weighted by atomic mass is 19.1. The number of hydrogen-bond acceptors (Lipinski definition) is 3. The Kier molecular flexibility index (Phi) is 4.19. The zero-order valence-corrected chi connectivity index (χ0v) is 10.5. The molecule has 1 aromatic heterocycles. The molecule has 0 spiro atoms. The quantitative estimate of drug-likeness (QED) is 0.658. The van der Waals surface area contributed by atoms with Gasteiger partial charge in [0.05, 0.1) is 6.04 Å². The average Bonchev–Trinajstić information content (AvgIpc) is 2.39. The number of pyridine rings is 1. The fraction of sp³-hybridized carbons (Fsp3) is 0.214. The molecule has 0 amide bonds. The predicted molar refractivity (Wildman–Crippen MR) is 69.1 cm³/mol. The maximum atomic E-state index is 13.6. The molecule has 1 aromatic carbocycles. The Morgan fingerprint density at radius 2 is 2.11 bits per heavy atom. The largest absolute Gasteiger partial charge is 0.271 e. The molecule has 2 aromatic rings. The lowest BCUT2D eigenvalue weighted by Gasteiger charge is -2.18. The number of aromatic nitrogens is 1. The van der Waals surface area contributed by atoms with Gasteiger partial charge in [-0.15, -0.1) is 0 Å². The molecule has 0 saturated heterocycles. The van der Waals surface area contributed by atoms with Gasteiger partial charge >= 0.3 is 0 Å². The average molecular weight is 263 g/mol. The molecule has 19 heavy (non-hydrogen) atoms. The van der Waals surface area contributed by atoms with Crippen LogP contribution in [-0.4, -0.2) is 4.98 Å². The van der Waals surface area contributed by atoms with Crippen molar-refractivity contribution in [1.82, 2.24) is 10.4 Å². The van der Waals surface area contributed by atoms with Crippen LogP contribution >= 0.6 is 0 Å². The van der Waals surface area contributed by atoms with Crippen molar-refractivity contribution in [2.24, 2.45) is 5.84 Å². The third kappa shape index (κ3) is 3.13. The van der Waals surface area contributed by atoms with E-state index in [1.54, 1.807) is 12.4 Å². The van der Waals surface area contributed by atoms with Gasteiger partial charge in [0.2, 0.25) is 0 Å². The maximum absolute atomic E-state index is 13.6. The number of rotatable bonds is 4. The lowest BCUT2D eigenvalue weighted by Crippen LogP contribution is -2.30. The highest BCUT2D eigenvalue weighted by Gasteiger charge is 2.15. The summed E-state index contributed by atoms with van der Waals surface area (Å²) in [7, 11) is 0. The summed E-state index contributed by atoms with van der Waals surface area (Å²) in [6, 6.07) is 5.14. The Bertz CT molecular complexity index is 572. The van der Waals surface area contributed by atoms with E-state index >= 15 is 0 Å². The maximum Gasteiger partial charge on any atom is 0.129 e. The highest BCUT2D eigenvalue weighted by molar-refractivity contribution is 5.28. The molecule has 0 radical (unpaired) electrons. The van der Waals surface area contributed by atoms with Crippen molar-refractivity contribution in [2.45, 2.75) is 19.4 Å². The van der Waals surface area contributed by atoms with Crippen LogP contribution in [0.5, 0.6) is 0 Å². The minimum Gasteiger partial charge on any atom is -0.271 e. The van der Waals surface area contributed by atoms with Crippen LogP contribution in [0.25, 0.3) is 0 Å². The first-order valence-electron chi connectivity index (χ1n) is 5.92. The molecule has 1 unspecified atom stereocenters. The van der Waals surface area contributed by atoms with E-state index in [0.717, 1.165) is 17.2 Å². The second-order valence-corrected chi connectivity index (χ2v) is 4.39. The normalized spacial score (nSPS) is 12.4. The number of hydrazine groups is 1. The van der Waals surface area contributed by atoms with Gasteiger partial charge in [-0.25, -0.2) is 8.78 Å². The van der Waals surface area contributed by atoms with E-state index in [-0.39, 0.29) is 6.04 Å². The molecule has 0 aliphatic carbocycles. The van der Waals surface area contributed by atoms with Crippen molar-refractivity contribution in [3.63, 3.8) is 0 Å². The SMILES string of the molecule is Cc1cnccc1C(Cc1ccc(F)cc1F)NN. The lowest BCUT2D eigenvalue weighted by atomic mass is 9.97. The van der Waals surface area contributed by atoms with Gasteiger partial charge in [0.25, 0.3) is 0 Å². The van der Waals surface area contributed by atoms with Crippen LogP contribution in [0.2, 0.25) is 0 Å². The molecule has 3 N–H and O–H groups in total. The van der Waals surface area contributed by atoms with E-state index in [0.29, 0.717) is 12.0 Å². The number of halogens is 2. The molecule has 0 aliphatic heterocycles. The minimum absolute atomic E-state index is 0.247. The summed E-state index contributed by atoms with van der Waals surface area (Å²) in [5, 5.41) is 0. The molecule has 5 heteroatoms. The van der Waals surface area contributed by atoms with Gasteiger partial charge < -0.3 is 0 Å². The first-order valence-corrected chi connectivity index (χ1v) is 5.92. The van der Waals surface area contributed by atoms with E-state index in [4.69, 9.17) is 5.84 Å². The molecule has 2 rings (SSSR count). The van der Waals surface area contributed by atoms with E-state index in [9.17, 15) is 8.78 Å². The van der Waals surface area contributed by atoms with E-state index < -0.39 is 11.6 Å². The van der Waals surface area contributed by atoms with Crippen molar-refractivity contribution in [3.05, 3.63) is 65.0 Å². The van der Waals surface area contributed by atoms with Crippen LogP contribution in [0.15, 0.2) is 36.7 Å². The van der Waals surface area contributed by atoms with E-state index in [1.165, 1.54) is 12.1 Å². The number of benzene rings is 1. The molecule has 0 bridgehead atoms. The summed E-state index contributed by atoms with van der Waals surface area (Å²) in [5.41, 5.74) is 4.99. The zero-order chi connectivity index (χ0) is 13.8. The third-order valence-corrected chi connectivity index (χ3v) is 3.08. The van der Waals surface area contributed by atoms with E-state index in [2.05, 4.69) is 10.4 Å². The van der Waals surface area contributed by atoms with Crippen LogP contribution < -0.4 is 11.3 Å². The van der Waals surface area contributed by atoms with Crippen LogP contribution in [0, 0.1) is 18.6 Å². The van der Waals surface area contributed by atoms with Crippen molar-refractivity contribution in [3.8, 4) is 0 Å². The van der Waals surface area contributed by atoms with E-state index in [1.807, 2.05) is 13.0 Å². The Morgan fingerprint density at radius 1 is 1.32 bits per heavy atom. The van der Waals surface area contributed by atoms with Crippen molar-refractivity contribution < 1.29 is 8.78 Å². The second kappa shape index (κ2) is 5.86.